The van der Waals surface area contributed by atoms with Gasteiger partial charge in [-0.15, -0.1) is 0 Å². The van der Waals surface area contributed by atoms with Crippen molar-refractivity contribution in [2.24, 2.45) is 0 Å². The fraction of sp³-hybridized carbons (Fsp3) is 0.500. The topological polar surface area (TPSA) is 75.7 Å². The Hall–Kier alpha value is -2.44. The van der Waals surface area contributed by atoms with Gasteiger partial charge < -0.3 is 10.1 Å². The number of amides is 3. The molecule has 1 N–H and O–H groups in total. The van der Waals surface area contributed by atoms with Crippen LogP contribution in [0.3, 0.4) is 0 Å². The molecule has 0 bridgehead atoms. The van der Waals surface area contributed by atoms with E-state index < -0.39 is 35.8 Å². The minimum absolute atomic E-state index is 0.338. The van der Waals surface area contributed by atoms with Crippen LogP contribution in [0.25, 0.3) is 0 Å². The molecule has 1 heterocycles. The summed E-state index contributed by atoms with van der Waals surface area (Å²) in [5, 5.41) is 2.70. The lowest BCUT2D eigenvalue weighted by Gasteiger charge is -2.27. The van der Waals surface area contributed by atoms with Gasteiger partial charge in [-0.3, -0.25) is 14.5 Å². The van der Waals surface area contributed by atoms with Gasteiger partial charge in [-0.05, 0) is 38.0 Å². The Bertz CT molecular complexity index is 660. The third kappa shape index (κ3) is 3.97. The summed E-state index contributed by atoms with van der Waals surface area (Å²) in [6.07, 6.45) is 1.54. The Morgan fingerprint density at radius 2 is 1.92 bits per heavy atom. The predicted molar refractivity (Wildman–Crippen MR) is 89.1 cm³/mol. The van der Waals surface area contributed by atoms with Gasteiger partial charge in [0.1, 0.15) is 17.9 Å². The second-order valence-electron chi connectivity index (χ2n) is 6.38. The van der Waals surface area contributed by atoms with E-state index in [0.29, 0.717) is 18.4 Å². The lowest BCUT2D eigenvalue weighted by molar-refractivity contribution is -0.151. The number of rotatable bonds is 7. The minimum Gasteiger partial charge on any atom is -0.462 e. The number of carbonyl (C=O) groups is 3. The molecule has 0 unspecified atom stereocenters. The molecule has 1 saturated heterocycles. The van der Waals surface area contributed by atoms with E-state index in [1.807, 2.05) is 6.92 Å². The largest absolute Gasteiger partial charge is 0.462 e. The summed E-state index contributed by atoms with van der Waals surface area (Å²) in [5.41, 5.74) is -0.778. The summed E-state index contributed by atoms with van der Waals surface area (Å²) in [6.45, 7) is 4.90. The molecular formula is C18H23FN2O4. The Morgan fingerprint density at radius 3 is 2.48 bits per heavy atom. The third-order valence-electron chi connectivity index (χ3n) is 4.07. The van der Waals surface area contributed by atoms with Crippen LogP contribution < -0.4 is 5.32 Å². The summed E-state index contributed by atoms with van der Waals surface area (Å²) in [4.78, 5) is 38.1. The second-order valence-corrected chi connectivity index (χ2v) is 6.38. The fourth-order valence-corrected chi connectivity index (χ4v) is 2.88. The molecule has 136 valence electrons. The van der Waals surface area contributed by atoms with Crippen molar-refractivity contribution in [3.8, 4) is 0 Å². The normalized spacial score (nSPS) is 20.1. The van der Waals surface area contributed by atoms with Crippen molar-refractivity contribution in [2.75, 3.05) is 6.54 Å². The van der Waals surface area contributed by atoms with Crippen molar-refractivity contribution in [3.05, 3.63) is 35.6 Å². The van der Waals surface area contributed by atoms with Crippen LogP contribution in [0.4, 0.5) is 9.18 Å². The predicted octanol–water partition coefficient (Wildman–Crippen LogP) is 2.71. The highest BCUT2D eigenvalue weighted by atomic mass is 19.1. The van der Waals surface area contributed by atoms with Crippen LogP contribution in [-0.4, -0.2) is 35.5 Å². The molecule has 1 aliphatic heterocycles. The number of imide groups is 1. The van der Waals surface area contributed by atoms with Crippen LogP contribution in [0.5, 0.6) is 0 Å². The molecule has 3 amide bonds. The van der Waals surface area contributed by atoms with Crippen molar-refractivity contribution in [2.45, 2.75) is 51.7 Å². The number of carbonyl (C=O) groups excluding carboxylic acids is 3. The maximum Gasteiger partial charge on any atom is 0.326 e. The molecule has 6 nitrogen and oxygen atoms in total. The standard InChI is InChI=1S/C18H23FN2O4/c1-4-5-10-18(13-6-8-14(19)9-7-13)16(23)21(17(24)20-18)11-15(22)25-12(2)3/h6-9,12H,4-5,10-11H2,1-3H3,(H,20,24)/t18-/m0/s1. The molecule has 7 heteroatoms. The maximum atomic E-state index is 13.3. The number of hydrogen-bond donors (Lipinski definition) is 1. The van der Waals surface area contributed by atoms with Gasteiger partial charge in [0.25, 0.3) is 5.91 Å². The molecule has 2 rings (SSSR count). The van der Waals surface area contributed by atoms with Gasteiger partial charge in [-0.1, -0.05) is 31.9 Å². The molecule has 0 spiro atoms. The van der Waals surface area contributed by atoms with E-state index in [4.69, 9.17) is 4.74 Å². The van der Waals surface area contributed by atoms with Gasteiger partial charge in [0.05, 0.1) is 6.10 Å². The van der Waals surface area contributed by atoms with Gasteiger partial charge in [0.2, 0.25) is 0 Å². The maximum absolute atomic E-state index is 13.3. The second kappa shape index (κ2) is 7.63. The lowest BCUT2D eigenvalue weighted by atomic mass is 9.85. The molecule has 0 aromatic heterocycles. The van der Waals surface area contributed by atoms with E-state index in [1.165, 1.54) is 24.3 Å². The molecule has 1 atom stereocenters. The van der Waals surface area contributed by atoms with Crippen molar-refractivity contribution < 1.29 is 23.5 Å². The third-order valence-corrected chi connectivity index (χ3v) is 4.07. The first kappa shape index (κ1) is 18.9. The molecule has 1 aromatic carbocycles. The Labute approximate surface area is 146 Å². The number of esters is 1. The van der Waals surface area contributed by atoms with Crippen LogP contribution >= 0.6 is 0 Å². The Kier molecular flexibility index (Phi) is 5.77. The molecule has 25 heavy (non-hydrogen) atoms. The van der Waals surface area contributed by atoms with Gasteiger partial charge in [-0.2, -0.15) is 0 Å². The van der Waals surface area contributed by atoms with Crippen LogP contribution in [0.2, 0.25) is 0 Å². The van der Waals surface area contributed by atoms with Crippen LogP contribution in [0.1, 0.15) is 45.6 Å². The number of benzene rings is 1. The molecule has 1 fully saturated rings. The smallest absolute Gasteiger partial charge is 0.326 e. The number of nitrogens with one attached hydrogen (secondary N) is 1. The van der Waals surface area contributed by atoms with Gasteiger partial charge in [0, 0.05) is 0 Å². The Morgan fingerprint density at radius 1 is 1.28 bits per heavy atom. The SMILES string of the molecule is CCCC[C@@]1(c2ccc(F)cc2)NC(=O)N(CC(=O)OC(C)C)C1=O. The van der Waals surface area contributed by atoms with Crippen molar-refractivity contribution in [1.82, 2.24) is 10.2 Å². The monoisotopic (exact) mass is 350 g/mol. The highest BCUT2D eigenvalue weighted by Crippen LogP contribution is 2.34. The number of unbranched alkanes of at least 4 members (excludes halogenated alkanes) is 1. The first-order chi connectivity index (χ1) is 11.8. The highest BCUT2D eigenvalue weighted by Gasteiger charge is 2.52. The quantitative estimate of drug-likeness (QED) is 0.606. The summed E-state index contributed by atoms with van der Waals surface area (Å²) < 4.78 is 18.3. The first-order valence-corrected chi connectivity index (χ1v) is 8.39. The van der Waals surface area contributed by atoms with Crippen LogP contribution in [0.15, 0.2) is 24.3 Å². The minimum atomic E-state index is -1.28. The lowest BCUT2D eigenvalue weighted by Crippen LogP contribution is -2.44. The molecule has 0 saturated carbocycles. The molecule has 0 radical (unpaired) electrons. The van der Waals surface area contributed by atoms with Crippen LogP contribution in [0, 0.1) is 5.82 Å². The average molecular weight is 350 g/mol. The number of halogens is 1. The summed E-state index contributed by atoms with van der Waals surface area (Å²) in [6, 6.07) is 4.82. The van der Waals surface area contributed by atoms with Gasteiger partial charge in [0.15, 0.2) is 0 Å². The average Bonchev–Trinajstić information content (AvgIpc) is 2.78. The zero-order chi connectivity index (χ0) is 18.6. The van der Waals surface area contributed by atoms with E-state index >= 15 is 0 Å². The van der Waals surface area contributed by atoms with E-state index in [-0.39, 0.29) is 6.10 Å². The molecular weight excluding hydrogens is 327 g/mol. The van der Waals surface area contributed by atoms with Crippen molar-refractivity contribution >= 4 is 17.9 Å². The first-order valence-electron chi connectivity index (χ1n) is 8.39. The van der Waals surface area contributed by atoms with Gasteiger partial charge in [-0.25, -0.2) is 9.18 Å². The summed E-state index contributed by atoms with van der Waals surface area (Å²) >= 11 is 0. The van der Waals surface area contributed by atoms with Gasteiger partial charge >= 0.3 is 12.0 Å². The van der Waals surface area contributed by atoms with E-state index in [1.54, 1.807) is 13.8 Å². The van der Waals surface area contributed by atoms with E-state index in [2.05, 4.69) is 5.32 Å². The summed E-state index contributed by atoms with van der Waals surface area (Å²) in [7, 11) is 0. The summed E-state index contributed by atoms with van der Waals surface area (Å²) in [5.74, 6) is -1.59. The Balaban J connectivity index is 2.31. The number of ether oxygens (including phenoxy) is 1. The molecule has 0 aliphatic carbocycles. The van der Waals surface area contributed by atoms with Crippen molar-refractivity contribution in [3.63, 3.8) is 0 Å². The van der Waals surface area contributed by atoms with E-state index in [0.717, 1.165) is 11.3 Å². The number of hydrogen-bond acceptors (Lipinski definition) is 4. The van der Waals surface area contributed by atoms with E-state index in [9.17, 15) is 18.8 Å². The van der Waals surface area contributed by atoms with Crippen molar-refractivity contribution in [1.29, 1.82) is 0 Å². The zero-order valence-electron chi connectivity index (χ0n) is 14.7. The fourth-order valence-electron chi connectivity index (χ4n) is 2.88. The zero-order valence-corrected chi connectivity index (χ0v) is 14.7. The molecule has 1 aliphatic rings. The highest BCUT2D eigenvalue weighted by molar-refractivity contribution is 6.09. The van der Waals surface area contributed by atoms with Crippen LogP contribution in [-0.2, 0) is 19.9 Å². The number of urea groups is 1. The number of nitrogens with zero attached hydrogens (tertiary/aromatic N) is 1. The molecule has 1 aromatic rings.